The molecule has 0 aliphatic heterocycles. The quantitative estimate of drug-likeness (QED) is 0.743. The van der Waals surface area contributed by atoms with Gasteiger partial charge in [-0.15, -0.1) is 0 Å². The van der Waals surface area contributed by atoms with Gasteiger partial charge in [0.25, 0.3) is 0 Å². The number of benzene rings is 2. The fraction of sp³-hybridized carbons (Fsp3) is 0.200. The molecule has 0 bridgehead atoms. The second-order valence-corrected chi connectivity index (χ2v) is 6.20. The Morgan fingerprint density at radius 1 is 1.08 bits per heavy atom. The van der Waals surface area contributed by atoms with Crippen molar-refractivity contribution in [1.82, 2.24) is 10.1 Å². The number of hydrogen-bond donors (Lipinski definition) is 1. The predicted molar refractivity (Wildman–Crippen MR) is 93.7 cm³/mol. The molecule has 0 saturated carbocycles. The fourth-order valence-corrected chi connectivity index (χ4v) is 3.57. The van der Waals surface area contributed by atoms with E-state index in [2.05, 4.69) is 59.5 Å². The van der Waals surface area contributed by atoms with Crippen molar-refractivity contribution < 1.29 is 4.52 Å². The standard InChI is InChI=1S/C20H18N2O2/c1-12-6-5-9-17-15(12)11-10-14-7-3-4-8-16(14)18(17)13(2)19-21-20(23)24-22-19/h3-9H,10-11H2,1-2H3,(H,21,22,23). The highest BCUT2D eigenvalue weighted by molar-refractivity contribution is 5.98. The van der Waals surface area contributed by atoms with Crippen LogP contribution >= 0.6 is 0 Å². The molecule has 120 valence electrons. The molecule has 0 spiro atoms. The Morgan fingerprint density at radius 3 is 2.67 bits per heavy atom. The summed E-state index contributed by atoms with van der Waals surface area (Å²) in [5, 5.41) is 3.89. The molecular weight excluding hydrogens is 300 g/mol. The van der Waals surface area contributed by atoms with Crippen molar-refractivity contribution in [3.05, 3.63) is 86.7 Å². The number of fused-ring (bicyclic) bond motifs is 2. The van der Waals surface area contributed by atoms with Crippen molar-refractivity contribution in [3.8, 4) is 0 Å². The molecule has 1 aliphatic carbocycles. The van der Waals surface area contributed by atoms with Crippen LogP contribution in [0.1, 0.15) is 40.6 Å². The van der Waals surface area contributed by atoms with Crippen molar-refractivity contribution in [1.29, 1.82) is 0 Å². The van der Waals surface area contributed by atoms with Gasteiger partial charge in [-0.05, 0) is 60.1 Å². The molecule has 0 fully saturated rings. The molecule has 2 aromatic carbocycles. The van der Waals surface area contributed by atoms with Crippen LogP contribution in [0, 0.1) is 6.92 Å². The Labute approximate surface area is 139 Å². The fourth-order valence-electron chi connectivity index (χ4n) is 3.57. The number of rotatable bonds is 1. The number of aromatic amines is 1. The summed E-state index contributed by atoms with van der Waals surface area (Å²) in [6, 6.07) is 14.8. The van der Waals surface area contributed by atoms with E-state index in [9.17, 15) is 4.79 Å². The van der Waals surface area contributed by atoms with Gasteiger partial charge in [0.1, 0.15) is 0 Å². The SMILES string of the molecule is CC(=C1c2ccccc2CCc2c(C)cccc21)c1noc(=O)[nH]1. The van der Waals surface area contributed by atoms with Gasteiger partial charge >= 0.3 is 5.76 Å². The van der Waals surface area contributed by atoms with Crippen LogP contribution in [0.15, 0.2) is 51.8 Å². The average Bonchev–Trinajstić information content (AvgIpc) is 2.94. The number of nitrogens with zero attached hydrogens (tertiary/aromatic N) is 1. The topological polar surface area (TPSA) is 58.9 Å². The summed E-state index contributed by atoms with van der Waals surface area (Å²) in [7, 11) is 0. The predicted octanol–water partition coefficient (Wildman–Crippen LogP) is 3.75. The molecule has 0 radical (unpaired) electrons. The first-order chi connectivity index (χ1) is 11.6. The van der Waals surface area contributed by atoms with Gasteiger partial charge in [-0.2, -0.15) is 0 Å². The van der Waals surface area contributed by atoms with E-state index in [0.717, 1.165) is 24.0 Å². The maximum absolute atomic E-state index is 11.4. The molecule has 0 atom stereocenters. The van der Waals surface area contributed by atoms with Gasteiger partial charge < -0.3 is 0 Å². The van der Waals surface area contributed by atoms with E-state index in [0.29, 0.717) is 5.82 Å². The molecule has 1 heterocycles. The number of aromatic nitrogens is 2. The van der Waals surface area contributed by atoms with Gasteiger partial charge in [0.2, 0.25) is 0 Å². The lowest BCUT2D eigenvalue weighted by molar-refractivity contribution is 0.385. The maximum atomic E-state index is 11.4. The van der Waals surface area contributed by atoms with E-state index in [-0.39, 0.29) is 0 Å². The molecule has 0 amide bonds. The summed E-state index contributed by atoms with van der Waals surface area (Å²) in [5.74, 6) is -0.0459. The zero-order valence-corrected chi connectivity index (χ0v) is 13.7. The van der Waals surface area contributed by atoms with E-state index in [4.69, 9.17) is 4.52 Å². The van der Waals surface area contributed by atoms with Gasteiger partial charge in [0.05, 0.1) is 0 Å². The molecule has 1 aromatic heterocycles. The van der Waals surface area contributed by atoms with Gasteiger partial charge in [-0.3, -0.25) is 9.51 Å². The van der Waals surface area contributed by atoms with Crippen molar-refractivity contribution >= 4 is 11.1 Å². The minimum Gasteiger partial charge on any atom is -0.296 e. The van der Waals surface area contributed by atoms with Crippen molar-refractivity contribution in [2.75, 3.05) is 0 Å². The van der Waals surface area contributed by atoms with Gasteiger partial charge in [0, 0.05) is 5.57 Å². The normalized spacial score (nSPS) is 15.4. The average molecular weight is 318 g/mol. The molecule has 1 N–H and O–H groups in total. The van der Waals surface area contributed by atoms with Crippen LogP contribution in [0.5, 0.6) is 0 Å². The highest BCUT2D eigenvalue weighted by atomic mass is 16.5. The van der Waals surface area contributed by atoms with Crippen LogP contribution in [0.2, 0.25) is 0 Å². The van der Waals surface area contributed by atoms with E-state index >= 15 is 0 Å². The first kappa shape index (κ1) is 14.7. The van der Waals surface area contributed by atoms with Crippen LogP contribution in [0.3, 0.4) is 0 Å². The van der Waals surface area contributed by atoms with Crippen LogP contribution in [0.25, 0.3) is 11.1 Å². The maximum Gasteiger partial charge on any atom is 0.439 e. The molecule has 3 aromatic rings. The summed E-state index contributed by atoms with van der Waals surface area (Å²) in [6.45, 7) is 4.14. The summed E-state index contributed by atoms with van der Waals surface area (Å²) >= 11 is 0. The minimum absolute atomic E-state index is 0.485. The van der Waals surface area contributed by atoms with Crippen LogP contribution in [-0.2, 0) is 12.8 Å². The first-order valence-corrected chi connectivity index (χ1v) is 8.09. The highest BCUT2D eigenvalue weighted by Gasteiger charge is 2.22. The molecule has 0 saturated heterocycles. The molecule has 1 aliphatic rings. The minimum atomic E-state index is -0.531. The number of nitrogens with one attached hydrogen (secondary N) is 1. The third-order valence-electron chi connectivity index (χ3n) is 4.78. The van der Waals surface area contributed by atoms with Crippen molar-refractivity contribution in [3.63, 3.8) is 0 Å². The van der Waals surface area contributed by atoms with Crippen molar-refractivity contribution in [2.24, 2.45) is 0 Å². The van der Waals surface area contributed by atoms with Crippen LogP contribution < -0.4 is 5.76 Å². The van der Waals surface area contributed by atoms with E-state index in [1.807, 2.05) is 6.92 Å². The summed E-state index contributed by atoms with van der Waals surface area (Å²) < 4.78 is 4.71. The molecule has 4 nitrogen and oxygen atoms in total. The Morgan fingerprint density at radius 2 is 1.88 bits per heavy atom. The number of hydrogen-bond acceptors (Lipinski definition) is 3. The van der Waals surface area contributed by atoms with Gasteiger partial charge in [-0.25, -0.2) is 4.79 Å². The Hall–Kier alpha value is -2.88. The lowest BCUT2D eigenvalue weighted by Crippen LogP contribution is -2.00. The number of H-pyrrole nitrogens is 1. The first-order valence-electron chi connectivity index (χ1n) is 8.09. The van der Waals surface area contributed by atoms with Crippen LogP contribution in [0.4, 0.5) is 0 Å². The lowest BCUT2D eigenvalue weighted by atomic mass is 9.89. The zero-order chi connectivity index (χ0) is 16.7. The summed E-state index contributed by atoms with van der Waals surface area (Å²) in [4.78, 5) is 14.1. The van der Waals surface area contributed by atoms with Gasteiger partial charge in [0.15, 0.2) is 5.82 Å². The zero-order valence-electron chi connectivity index (χ0n) is 13.7. The smallest absolute Gasteiger partial charge is 0.296 e. The third kappa shape index (κ3) is 2.31. The van der Waals surface area contributed by atoms with E-state index < -0.39 is 5.76 Å². The molecule has 4 heteroatoms. The van der Waals surface area contributed by atoms with E-state index in [1.165, 1.54) is 27.8 Å². The van der Waals surface area contributed by atoms with Crippen molar-refractivity contribution in [2.45, 2.75) is 26.7 Å². The number of allylic oxidation sites excluding steroid dienone is 1. The third-order valence-corrected chi connectivity index (χ3v) is 4.78. The van der Waals surface area contributed by atoms with Gasteiger partial charge in [-0.1, -0.05) is 47.6 Å². The molecule has 0 unspecified atom stereocenters. The molecule has 24 heavy (non-hydrogen) atoms. The Bertz CT molecular complexity index is 1010. The highest BCUT2D eigenvalue weighted by Crippen LogP contribution is 2.38. The van der Waals surface area contributed by atoms with Crippen LogP contribution in [-0.4, -0.2) is 10.1 Å². The van der Waals surface area contributed by atoms with E-state index in [1.54, 1.807) is 0 Å². The largest absolute Gasteiger partial charge is 0.439 e. The monoisotopic (exact) mass is 318 g/mol. The Balaban J connectivity index is 2.08. The lowest BCUT2D eigenvalue weighted by Gasteiger charge is -2.15. The molecule has 4 rings (SSSR count). The second-order valence-electron chi connectivity index (χ2n) is 6.20. The number of aryl methyl sites for hydroxylation is 2. The molecular formula is C20H18N2O2. The summed E-state index contributed by atoms with van der Waals surface area (Å²) in [6.07, 6.45) is 2.01. The second kappa shape index (κ2) is 5.64. The summed E-state index contributed by atoms with van der Waals surface area (Å²) in [5.41, 5.74) is 8.40. The Kier molecular flexibility index (Phi) is 3.45.